The Hall–Kier alpha value is -7.79. The lowest BCUT2D eigenvalue weighted by molar-refractivity contribution is -0.144. The van der Waals surface area contributed by atoms with Crippen LogP contribution in [-0.4, -0.2) is 49.7 Å². The predicted molar refractivity (Wildman–Crippen MR) is 250 cm³/mol. The molecule has 0 saturated heterocycles. The van der Waals surface area contributed by atoms with Gasteiger partial charge in [0.1, 0.15) is 23.0 Å². The zero-order valence-electron chi connectivity index (χ0n) is 37.3. The van der Waals surface area contributed by atoms with Gasteiger partial charge in [-0.3, -0.25) is 0 Å². The van der Waals surface area contributed by atoms with Crippen molar-refractivity contribution < 1.29 is 52.4 Å². The van der Waals surface area contributed by atoms with E-state index in [4.69, 9.17) is 28.4 Å². The number of benzene rings is 5. The van der Waals surface area contributed by atoms with E-state index in [0.29, 0.717) is 35.5 Å². The molecule has 0 atom stereocenters. The van der Waals surface area contributed by atoms with Crippen LogP contribution in [0.5, 0.6) is 23.0 Å². The fourth-order valence-corrected chi connectivity index (χ4v) is 6.13. The minimum atomic E-state index is -0.609. The van der Waals surface area contributed by atoms with E-state index in [0.717, 1.165) is 45.6 Å². The second kappa shape index (κ2) is 23.1. The zero-order valence-corrected chi connectivity index (χ0v) is 37.3. The molecule has 0 heterocycles. The lowest BCUT2D eigenvalue weighted by Gasteiger charge is -2.18. The van der Waals surface area contributed by atoms with E-state index < -0.39 is 29.8 Å². The monoisotopic (exact) mass is 876 g/mol. The third kappa shape index (κ3) is 14.4. The SMILES string of the molecule is C=C(C)C(=O)OCC(CCOc1ccc(-c2ccc(-c3ccc(/C=C/C(=O)Oc4ccc(OC(=O)c5ccc(OC(=O)C(=C)C)cc5)cc4C)cc3)cc2)cc1CC)COC(=O)C(=C)C. The number of carbonyl (C=O) groups is 5. The van der Waals surface area contributed by atoms with E-state index in [-0.39, 0.29) is 41.8 Å². The van der Waals surface area contributed by atoms with Crippen molar-refractivity contribution in [3.63, 3.8) is 0 Å². The second-order valence-corrected chi connectivity index (χ2v) is 15.4. The van der Waals surface area contributed by atoms with Crippen LogP contribution in [0.25, 0.3) is 28.3 Å². The summed E-state index contributed by atoms with van der Waals surface area (Å²) in [6.07, 6.45) is 4.26. The Bertz CT molecular complexity index is 2570. The lowest BCUT2D eigenvalue weighted by atomic mass is 9.98. The highest BCUT2D eigenvalue weighted by Crippen LogP contribution is 2.30. The Kier molecular flexibility index (Phi) is 17.1. The summed E-state index contributed by atoms with van der Waals surface area (Å²) in [7, 11) is 0. The minimum absolute atomic E-state index is 0.0630. The Morgan fingerprint density at radius 2 is 1.11 bits per heavy atom. The number of aryl methyl sites for hydroxylation is 2. The van der Waals surface area contributed by atoms with Crippen molar-refractivity contribution in [3.05, 3.63) is 174 Å². The number of carbonyl (C=O) groups excluding carboxylic acids is 5. The van der Waals surface area contributed by atoms with Crippen LogP contribution in [-0.2, 0) is 35.1 Å². The molecule has 0 fully saturated rings. The molecule has 0 aliphatic carbocycles. The van der Waals surface area contributed by atoms with Gasteiger partial charge >= 0.3 is 29.8 Å². The highest BCUT2D eigenvalue weighted by Gasteiger charge is 2.18. The summed E-state index contributed by atoms with van der Waals surface area (Å²) >= 11 is 0. The van der Waals surface area contributed by atoms with E-state index in [1.54, 1.807) is 45.9 Å². The Balaban J connectivity index is 1.12. The highest BCUT2D eigenvalue weighted by molar-refractivity contribution is 5.92. The van der Waals surface area contributed by atoms with Gasteiger partial charge in [0.05, 0.1) is 25.4 Å². The van der Waals surface area contributed by atoms with Crippen LogP contribution in [0, 0.1) is 12.8 Å². The summed E-state index contributed by atoms with van der Waals surface area (Å²) in [5.74, 6) is -1.40. The van der Waals surface area contributed by atoms with Gasteiger partial charge < -0.3 is 28.4 Å². The maximum absolute atomic E-state index is 12.7. The average Bonchev–Trinajstić information content (AvgIpc) is 3.30. The van der Waals surface area contributed by atoms with Crippen LogP contribution in [0.4, 0.5) is 0 Å². The first-order valence-electron chi connectivity index (χ1n) is 20.9. The van der Waals surface area contributed by atoms with E-state index in [9.17, 15) is 24.0 Å². The molecule has 0 spiro atoms. The first kappa shape index (κ1) is 48.2. The van der Waals surface area contributed by atoms with E-state index >= 15 is 0 Å². The number of esters is 5. The van der Waals surface area contributed by atoms with Gasteiger partial charge in [0.25, 0.3) is 0 Å². The maximum Gasteiger partial charge on any atom is 0.343 e. The van der Waals surface area contributed by atoms with Crippen molar-refractivity contribution in [2.45, 2.75) is 47.5 Å². The first-order chi connectivity index (χ1) is 31.1. The molecule has 0 aromatic heterocycles. The molecule has 11 nitrogen and oxygen atoms in total. The summed E-state index contributed by atoms with van der Waals surface area (Å²) in [4.78, 5) is 61.1. The lowest BCUT2D eigenvalue weighted by Crippen LogP contribution is -2.23. The summed E-state index contributed by atoms with van der Waals surface area (Å²) in [5, 5.41) is 0. The largest absolute Gasteiger partial charge is 0.493 e. The molecule has 65 heavy (non-hydrogen) atoms. The molecule has 0 unspecified atom stereocenters. The smallest absolute Gasteiger partial charge is 0.343 e. The van der Waals surface area contributed by atoms with Crippen LogP contribution in [0.15, 0.2) is 152 Å². The Morgan fingerprint density at radius 1 is 0.585 bits per heavy atom. The molecular formula is C54H52O11. The van der Waals surface area contributed by atoms with Gasteiger partial charge in [-0.05, 0) is 140 Å². The predicted octanol–water partition coefficient (Wildman–Crippen LogP) is 10.8. The minimum Gasteiger partial charge on any atom is -0.493 e. The third-order valence-corrected chi connectivity index (χ3v) is 9.91. The van der Waals surface area contributed by atoms with Crippen LogP contribution in [0.1, 0.15) is 61.2 Å². The van der Waals surface area contributed by atoms with Gasteiger partial charge in [-0.1, -0.05) is 81.3 Å². The van der Waals surface area contributed by atoms with Gasteiger partial charge in [-0.2, -0.15) is 0 Å². The fourth-order valence-electron chi connectivity index (χ4n) is 6.13. The van der Waals surface area contributed by atoms with E-state index in [1.165, 1.54) is 36.4 Å². The van der Waals surface area contributed by atoms with Crippen molar-refractivity contribution in [1.82, 2.24) is 0 Å². The van der Waals surface area contributed by atoms with Crippen LogP contribution in [0.3, 0.4) is 0 Å². The Labute approximate surface area is 379 Å². The number of rotatable bonds is 20. The molecule has 11 heteroatoms. The molecule has 0 bridgehead atoms. The zero-order chi connectivity index (χ0) is 47.0. The molecule has 0 amide bonds. The first-order valence-corrected chi connectivity index (χ1v) is 20.9. The van der Waals surface area contributed by atoms with Crippen LogP contribution >= 0.6 is 0 Å². The van der Waals surface area contributed by atoms with Crippen molar-refractivity contribution in [2.75, 3.05) is 19.8 Å². The number of hydrogen-bond donors (Lipinski definition) is 0. The second-order valence-electron chi connectivity index (χ2n) is 15.4. The average molecular weight is 877 g/mol. The molecule has 0 radical (unpaired) electrons. The normalized spacial score (nSPS) is 10.8. The van der Waals surface area contributed by atoms with Crippen LogP contribution in [0.2, 0.25) is 0 Å². The number of ether oxygens (including phenoxy) is 6. The topological polar surface area (TPSA) is 141 Å². The molecule has 0 aliphatic heterocycles. The van der Waals surface area contributed by atoms with Gasteiger partial charge in [0, 0.05) is 28.7 Å². The molecule has 0 saturated carbocycles. The van der Waals surface area contributed by atoms with Crippen molar-refractivity contribution >= 4 is 35.9 Å². The molecular weight excluding hydrogens is 825 g/mol. The summed E-state index contributed by atoms with van der Waals surface area (Å²) in [6.45, 7) is 19.7. The maximum atomic E-state index is 12.7. The summed E-state index contributed by atoms with van der Waals surface area (Å²) < 4.78 is 33.0. The van der Waals surface area contributed by atoms with Gasteiger partial charge in [-0.25, -0.2) is 24.0 Å². The van der Waals surface area contributed by atoms with Gasteiger partial charge in [0.2, 0.25) is 0 Å². The van der Waals surface area contributed by atoms with Gasteiger partial charge in [-0.15, -0.1) is 0 Å². The number of hydrogen-bond acceptors (Lipinski definition) is 11. The standard InChI is InChI=1S/C54H52O11/c1-9-40-31-45(21-25-49(40)60-29-28-39(32-61-51(56)34(2)3)33-62-52(57)35(4)5)43-17-15-42(16-18-43)41-13-10-38(11-14-41)12-27-50(55)65-48-26-24-47(30-37(48)8)64-54(59)44-19-22-46(23-20-44)63-53(58)36(6)7/h10-27,30-31,39H,2,4,6,9,28-29,32-33H2,1,3,5,7-8H3/b27-12+. The molecule has 5 aromatic carbocycles. The summed E-state index contributed by atoms with van der Waals surface area (Å²) in [6, 6.07) is 32.8. The summed E-state index contributed by atoms with van der Waals surface area (Å²) in [5.41, 5.74) is 7.66. The van der Waals surface area contributed by atoms with E-state index in [2.05, 4.69) is 57.0 Å². The fraction of sp³-hybridized carbons (Fsp3) is 0.204. The highest BCUT2D eigenvalue weighted by atomic mass is 16.6. The van der Waals surface area contributed by atoms with Gasteiger partial charge in [0.15, 0.2) is 0 Å². The van der Waals surface area contributed by atoms with E-state index in [1.807, 2.05) is 36.4 Å². The molecule has 5 aromatic rings. The molecule has 5 rings (SSSR count). The molecule has 0 aliphatic rings. The quantitative estimate of drug-likeness (QED) is 0.0419. The molecule has 334 valence electrons. The Morgan fingerprint density at radius 3 is 1.66 bits per heavy atom. The van der Waals surface area contributed by atoms with Crippen molar-refractivity contribution in [3.8, 4) is 45.3 Å². The van der Waals surface area contributed by atoms with Crippen molar-refractivity contribution in [2.24, 2.45) is 5.92 Å². The third-order valence-electron chi connectivity index (χ3n) is 9.91. The van der Waals surface area contributed by atoms with Crippen LogP contribution < -0.4 is 18.9 Å². The molecule has 0 N–H and O–H groups in total. The van der Waals surface area contributed by atoms with Crippen molar-refractivity contribution in [1.29, 1.82) is 0 Å².